The molecule has 112 valence electrons. The fraction of sp³-hybridized carbons (Fsp3) is 0.368. The lowest BCUT2D eigenvalue weighted by molar-refractivity contribution is -0.00267. The Morgan fingerprint density at radius 1 is 1.14 bits per heavy atom. The molecule has 0 bridgehead atoms. The Morgan fingerprint density at radius 3 is 2.77 bits per heavy atom. The number of ether oxygens (including phenoxy) is 1. The van der Waals surface area contributed by atoms with Crippen LogP contribution in [0.1, 0.15) is 24.1 Å². The van der Waals surface area contributed by atoms with Crippen LogP contribution in [0.2, 0.25) is 0 Å². The summed E-state index contributed by atoms with van der Waals surface area (Å²) < 4.78 is 8.93. The monoisotopic (exact) mass is 292 g/mol. The van der Waals surface area contributed by atoms with Gasteiger partial charge in [-0.15, -0.1) is 6.42 Å². The highest BCUT2D eigenvalue weighted by Gasteiger charge is 2.42. The molecule has 1 fully saturated rings. The fourth-order valence-electron chi connectivity index (χ4n) is 3.71. The standard InChI is InChI=1S/C19H20N2O/c1-2-11-20-13-9-19(10-14-20)18-8-5-12-21(18)15-16-6-3-4-7-17(16)22-19/h1,3-8,12H,9-11,13-15H2. The van der Waals surface area contributed by atoms with Crippen molar-refractivity contribution >= 4 is 0 Å². The van der Waals surface area contributed by atoms with Crippen molar-refractivity contribution in [2.75, 3.05) is 19.6 Å². The molecule has 0 atom stereocenters. The number of benzene rings is 1. The van der Waals surface area contributed by atoms with Crippen molar-refractivity contribution in [3.63, 3.8) is 0 Å². The number of likely N-dealkylation sites (tertiary alicyclic amines) is 1. The molecule has 3 nitrogen and oxygen atoms in total. The third-order valence-electron chi connectivity index (χ3n) is 4.89. The van der Waals surface area contributed by atoms with E-state index in [0.29, 0.717) is 0 Å². The number of para-hydroxylation sites is 1. The number of piperidine rings is 1. The second-order valence-corrected chi connectivity index (χ2v) is 6.21. The molecule has 2 aromatic rings. The molecular formula is C19H20N2O. The molecule has 1 aromatic heterocycles. The summed E-state index contributed by atoms with van der Waals surface area (Å²) in [7, 11) is 0. The highest BCUT2D eigenvalue weighted by Crippen LogP contribution is 2.41. The molecule has 0 radical (unpaired) electrons. The fourth-order valence-corrected chi connectivity index (χ4v) is 3.71. The summed E-state index contributed by atoms with van der Waals surface area (Å²) in [5.74, 6) is 3.78. The van der Waals surface area contributed by atoms with E-state index in [4.69, 9.17) is 11.2 Å². The number of nitrogens with zero attached hydrogens (tertiary/aromatic N) is 2. The van der Waals surface area contributed by atoms with Gasteiger partial charge in [-0.1, -0.05) is 24.1 Å². The zero-order chi connectivity index (χ0) is 15.0. The Balaban J connectivity index is 1.72. The summed E-state index contributed by atoms with van der Waals surface area (Å²) in [6.07, 6.45) is 9.57. The van der Waals surface area contributed by atoms with Crippen molar-refractivity contribution in [1.29, 1.82) is 0 Å². The Morgan fingerprint density at radius 2 is 1.95 bits per heavy atom. The van der Waals surface area contributed by atoms with Crippen molar-refractivity contribution in [2.24, 2.45) is 0 Å². The molecule has 4 rings (SSSR count). The Labute approximate surface area is 131 Å². The number of aromatic nitrogens is 1. The van der Waals surface area contributed by atoms with Crippen LogP contribution in [0.4, 0.5) is 0 Å². The van der Waals surface area contributed by atoms with Gasteiger partial charge in [0.05, 0.1) is 18.8 Å². The third kappa shape index (κ3) is 2.12. The summed E-state index contributed by atoms with van der Waals surface area (Å²) in [6.45, 7) is 3.58. The lowest BCUT2D eigenvalue weighted by atomic mass is 9.87. The van der Waals surface area contributed by atoms with E-state index in [-0.39, 0.29) is 5.60 Å². The van der Waals surface area contributed by atoms with Gasteiger partial charge in [-0.25, -0.2) is 0 Å². The first-order valence-corrected chi connectivity index (χ1v) is 7.89. The molecule has 0 aliphatic carbocycles. The van der Waals surface area contributed by atoms with Crippen LogP contribution in [0.5, 0.6) is 5.75 Å². The summed E-state index contributed by atoms with van der Waals surface area (Å²) in [5, 5.41) is 0. The molecule has 0 amide bonds. The zero-order valence-electron chi connectivity index (χ0n) is 12.7. The minimum Gasteiger partial charge on any atom is -0.481 e. The molecule has 1 aromatic carbocycles. The smallest absolute Gasteiger partial charge is 0.151 e. The molecule has 22 heavy (non-hydrogen) atoms. The van der Waals surface area contributed by atoms with Crippen molar-refractivity contribution in [1.82, 2.24) is 9.47 Å². The topological polar surface area (TPSA) is 17.4 Å². The molecule has 1 spiro atoms. The predicted molar refractivity (Wildman–Crippen MR) is 86.8 cm³/mol. The van der Waals surface area contributed by atoms with E-state index in [2.05, 4.69) is 58.0 Å². The van der Waals surface area contributed by atoms with E-state index in [9.17, 15) is 0 Å². The van der Waals surface area contributed by atoms with Crippen molar-refractivity contribution in [3.8, 4) is 18.1 Å². The molecular weight excluding hydrogens is 272 g/mol. The summed E-state index contributed by atoms with van der Waals surface area (Å²) in [4.78, 5) is 2.33. The van der Waals surface area contributed by atoms with Gasteiger partial charge < -0.3 is 9.30 Å². The first kappa shape index (κ1) is 13.5. The summed E-state index contributed by atoms with van der Waals surface area (Å²) in [5.41, 5.74) is 2.33. The van der Waals surface area contributed by atoms with Crippen LogP contribution in [0, 0.1) is 12.3 Å². The van der Waals surface area contributed by atoms with Gasteiger partial charge in [-0.05, 0) is 18.2 Å². The molecule has 1 saturated heterocycles. The predicted octanol–water partition coefficient (Wildman–Crippen LogP) is 2.85. The van der Waals surface area contributed by atoms with Crippen LogP contribution < -0.4 is 4.74 Å². The molecule has 3 heteroatoms. The number of terminal acetylenes is 1. The van der Waals surface area contributed by atoms with E-state index >= 15 is 0 Å². The first-order chi connectivity index (χ1) is 10.8. The number of rotatable bonds is 1. The van der Waals surface area contributed by atoms with Crippen LogP contribution in [0.25, 0.3) is 0 Å². The average Bonchev–Trinajstić information content (AvgIpc) is 2.96. The summed E-state index contributed by atoms with van der Waals surface area (Å²) in [6, 6.07) is 12.7. The summed E-state index contributed by atoms with van der Waals surface area (Å²) >= 11 is 0. The molecule has 2 aliphatic heterocycles. The van der Waals surface area contributed by atoms with E-state index in [0.717, 1.165) is 44.8 Å². The van der Waals surface area contributed by atoms with Crippen molar-refractivity contribution < 1.29 is 4.74 Å². The van der Waals surface area contributed by atoms with E-state index in [1.165, 1.54) is 11.3 Å². The minimum atomic E-state index is -0.221. The maximum absolute atomic E-state index is 6.60. The lowest BCUT2D eigenvalue weighted by Gasteiger charge is -2.41. The molecule has 0 N–H and O–H groups in total. The van der Waals surface area contributed by atoms with Gasteiger partial charge >= 0.3 is 0 Å². The van der Waals surface area contributed by atoms with Gasteiger partial charge in [0.1, 0.15) is 5.75 Å². The maximum atomic E-state index is 6.60. The second kappa shape index (κ2) is 5.23. The molecule has 2 aliphatic rings. The average molecular weight is 292 g/mol. The van der Waals surface area contributed by atoms with Crippen LogP contribution >= 0.6 is 0 Å². The Bertz CT molecular complexity index is 717. The van der Waals surface area contributed by atoms with Crippen LogP contribution in [0.3, 0.4) is 0 Å². The van der Waals surface area contributed by atoms with E-state index < -0.39 is 0 Å². The Kier molecular flexibility index (Phi) is 3.20. The van der Waals surface area contributed by atoms with Crippen LogP contribution in [0.15, 0.2) is 42.6 Å². The first-order valence-electron chi connectivity index (χ1n) is 7.89. The van der Waals surface area contributed by atoms with Crippen molar-refractivity contribution in [2.45, 2.75) is 25.0 Å². The Hall–Kier alpha value is -2.18. The third-order valence-corrected chi connectivity index (χ3v) is 4.89. The molecule has 0 saturated carbocycles. The minimum absolute atomic E-state index is 0.221. The molecule has 0 unspecified atom stereocenters. The normalized spacial score (nSPS) is 19.6. The van der Waals surface area contributed by atoms with Gasteiger partial charge in [0.15, 0.2) is 5.60 Å². The highest BCUT2D eigenvalue weighted by molar-refractivity contribution is 5.38. The number of hydrogen-bond donors (Lipinski definition) is 0. The highest BCUT2D eigenvalue weighted by atomic mass is 16.5. The number of hydrogen-bond acceptors (Lipinski definition) is 2. The van der Waals surface area contributed by atoms with Crippen molar-refractivity contribution in [3.05, 3.63) is 53.9 Å². The van der Waals surface area contributed by atoms with Gasteiger partial charge in [-0.2, -0.15) is 0 Å². The maximum Gasteiger partial charge on any atom is 0.151 e. The molecule has 3 heterocycles. The largest absolute Gasteiger partial charge is 0.481 e. The second-order valence-electron chi connectivity index (χ2n) is 6.21. The van der Waals surface area contributed by atoms with Gasteiger partial charge in [0.2, 0.25) is 0 Å². The van der Waals surface area contributed by atoms with Gasteiger partial charge in [0.25, 0.3) is 0 Å². The van der Waals surface area contributed by atoms with E-state index in [1.54, 1.807) is 0 Å². The van der Waals surface area contributed by atoms with Gasteiger partial charge in [0, 0.05) is 37.7 Å². The SMILES string of the molecule is C#CCN1CCC2(CC1)Oc1ccccc1Cn1cccc12. The lowest BCUT2D eigenvalue weighted by Crippen LogP contribution is -2.46. The number of fused-ring (bicyclic) bond motifs is 3. The quantitative estimate of drug-likeness (QED) is 0.752. The van der Waals surface area contributed by atoms with Crippen LogP contribution in [-0.4, -0.2) is 29.1 Å². The van der Waals surface area contributed by atoms with E-state index in [1.807, 2.05) is 0 Å². The zero-order valence-corrected chi connectivity index (χ0v) is 12.7. The van der Waals surface area contributed by atoms with Crippen LogP contribution in [-0.2, 0) is 12.1 Å². The van der Waals surface area contributed by atoms with Gasteiger partial charge in [-0.3, -0.25) is 4.90 Å².